The molecule has 0 saturated heterocycles. The summed E-state index contributed by atoms with van der Waals surface area (Å²) in [6.07, 6.45) is 1.53. The summed E-state index contributed by atoms with van der Waals surface area (Å²) in [5, 5.41) is 8.07. The Balaban J connectivity index is 1.87. The van der Waals surface area contributed by atoms with E-state index in [9.17, 15) is 17.2 Å². The van der Waals surface area contributed by atoms with Crippen LogP contribution in [0.5, 0.6) is 5.75 Å². The lowest BCUT2D eigenvalue weighted by Gasteiger charge is -2.13. The van der Waals surface area contributed by atoms with E-state index in [1.165, 1.54) is 18.1 Å². The first kappa shape index (κ1) is 20.4. The minimum atomic E-state index is -4.03. The second-order valence-corrected chi connectivity index (χ2v) is 8.50. The molecule has 0 unspecified atom stereocenters. The molecule has 1 heterocycles. The van der Waals surface area contributed by atoms with Crippen LogP contribution in [0.4, 0.5) is 14.5 Å². The zero-order valence-corrected chi connectivity index (χ0v) is 16.6. The zero-order valence-electron chi connectivity index (χ0n) is 14.2. The van der Waals surface area contributed by atoms with Crippen molar-refractivity contribution in [3.63, 3.8) is 0 Å². The number of nitrogens with one attached hydrogen (secondary N) is 1. The number of sulfonamides is 1. The van der Waals surface area contributed by atoms with Crippen molar-refractivity contribution in [3.8, 4) is 5.75 Å². The van der Waals surface area contributed by atoms with Crippen LogP contribution in [0.25, 0.3) is 0 Å². The fraction of sp³-hybridized carbons (Fsp3) is 0.125. The van der Waals surface area contributed by atoms with Crippen LogP contribution in [0.15, 0.2) is 63.7 Å². The maximum Gasteiger partial charge on any atom is 0.387 e. The number of halogens is 3. The monoisotopic (exact) mass is 446 g/mol. The Kier molecular flexibility index (Phi) is 6.06. The van der Waals surface area contributed by atoms with Gasteiger partial charge in [-0.05, 0) is 42.1 Å². The van der Waals surface area contributed by atoms with Gasteiger partial charge in [0.25, 0.3) is 10.0 Å². The molecule has 0 spiro atoms. The van der Waals surface area contributed by atoms with Crippen LogP contribution in [0, 0.1) is 0 Å². The van der Waals surface area contributed by atoms with Crippen molar-refractivity contribution >= 4 is 39.1 Å². The topological polar surface area (TPSA) is 86.1 Å². The van der Waals surface area contributed by atoms with Gasteiger partial charge in [-0.3, -0.25) is 4.72 Å². The number of anilines is 1. The van der Waals surface area contributed by atoms with Crippen LogP contribution < -0.4 is 9.46 Å². The molecule has 0 saturated carbocycles. The van der Waals surface area contributed by atoms with Crippen molar-refractivity contribution in [2.24, 2.45) is 7.05 Å². The molecule has 12 heteroatoms. The highest BCUT2D eigenvalue weighted by Crippen LogP contribution is 2.34. The quantitative estimate of drug-likeness (QED) is 0.590. The Morgan fingerprint density at radius 2 is 2.00 bits per heavy atom. The van der Waals surface area contributed by atoms with Crippen molar-refractivity contribution in [1.82, 2.24) is 14.8 Å². The molecule has 0 atom stereocenters. The Labute approximate surface area is 168 Å². The molecular formula is C16H13ClF2N4O3S2. The van der Waals surface area contributed by atoms with Gasteiger partial charge in [-0.15, -0.1) is 10.2 Å². The van der Waals surface area contributed by atoms with Gasteiger partial charge in [0.15, 0.2) is 5.16 Å². The Hall–Kier alpha value is -2.37. The van der Waals surface area contributed by atoms with E-state index < -0.39 is 16.6 Å². The van der Waals surface area contributed by atoms with E-state index in [-0.39, 0.29) is 15.7 Å². The van der Waals surface area contributed by atoms with Gasteiger partial charge < -0.3 is 9.30 Å². The number of alkyl halides is 2. The number of benzene rings is 2. The van der Waals surface area contributed by atoms with Gasteiger partial charge in [-0.25, -0.2) is 8.42 Å². The number of hydrogen-bond donors (Lipinski definition) is 1. The molecule has 1 aromatic heterocycles. The lowest BCUT2D eigenvalue weighted by molar-refractivity contribution is -0.0498. The predicted octanol–water partition coefficient (Wildman–Crippen LogP) is 4.02. The standard InChI is InChI=1S/C16H13ClF2N4O3S2/c1-23-9-20-21-16(23)27-14-5-3-2-4-12(14)22-28(24,25)10-6-7-13(11(17)8-10)26-15(18)19/h2-9,15,22H,1H3. The minimum Gasteiger partial charge on any atom is -0.433 e. The van der Waals surface area contributed by atoms with Crippen LogP contribution in [0.3, 0.4) is 0 Å². The zero-order chi connectivity index (χ0) is 20.3. The Bertz CT molecular complexity index is 1090. The van der Waals surface area contributed by atoms with Gasteiger partial charge in [0, 0.05) is 11.9 Å². The van der Waals surface area contributed by atoms with Gasteiger partial charge in [0.1, 0.15) is 12.1 Å². The first-order valence-electron chi connectivity index (χ1n) is 7.64. The SMILES string of the molecule is Cn1cnnc1Sc1ccccc1NS(=O)(=O)c1ccc(OC(F)F)c(Cl)c1. The van der Waals surface area contributed by atoms with E-state index in [1.807, 2.05) is 0 Å². The van der Waals surface area contributed by atoms with E-state index >= 15 is 0 Å². The number of rotatable bonds is 7. The van der Waals surface area contributed by atoms with Gasteiger partial charge in [0.2, 0.25) is 0 Å². The van der Waals surface area contributed by atoms with Crippen LogP contribution in [-0.2, 0) is 17.1 Å². The second kappa shape index (κ2) is 8.33. The first-order chi connectivity index (χ1) is 13.3. The lowest BCUT2D eigenvalue weighted by atomic mass is 10.3. The van der Waals surface area contributed by atoms with Crippen LogP contribution in [0.1, 0.15) is 0 Å². The summed E-state index contributed by atoms with van der Waals surface area (Å²) in [6, 6.07) is 9.98. The summed E-state index contributed by atoms with van der Waals surface area (Å²) >= 11 is 7.08. The summed E-state index contributed by atoms with van der Waals surface area (Å²) < 4.78 is 58.4. The Morgan fingerprint density at radius 3 is 2.64 bits per heavy atom. The molecular weight excluding hydrogens is 434 g/mol. The molecule has 3 aromatic rings. The summed E-state index contributed by atoms with van der Waals surface area (Å²) in [7, 11) is -2.26. The molecule has 0 fully saturated rings. The molecule has 1 N–H and O–H groups in total. The van der Waals surface area contributed by atoms with Crippen molar-refractivity contribution in [3.05, 3.63) is 53.8 Å². The van der Waals surface area contributed by atoms with Gasteiger partial charge in [-0.2, -0.15) is 8.78 Å². The highest BCUT2D eigenvalue weighted by atomic mass is 35.5. The maximum atomic E-state index is 12.7. The molecule has 148 valence electrons. The molecule has 0 radical (unpaired) electrons. The van der Waals surface area contributed by atoms with E-state index in [4.69, 9.17) is 11.6 Å². The largest absolute Gasteiger partial charge is 0.433 e. The molecule has 0 aliphatic rings. The lowest BCUT2D eigenvalue weighted by Crippen LogP contribution is -2.14. The average molecular weight is 447 g/mol. The first-order valence-corrected chi connectivity index (χ1v) is 10.3. The van der Waals surface area contributed by atoms with Crippen molar-refractivity contribution < 1.29 is 21.9 Å². The molecule has 2 aromatic carbocycles. The number of hydrogen-bond acceptors (Lipinski definition) is 6. The van der Waals surface area contributed by atoms with Crippen molar-refractivity contribution in [2.75, 3.05) is 4.72 Å². The normalized spacial score (nSPS) is 11.6. The third-order valence-corrected chi connectivity index (χ3v) is 6.22. The summed E-state index contributed by atoms with van der Waals surface area (Å²) in [5.41, 5.74) is 0.319. The third-order valence-electron chi connectivity index (χ3n) is 3.43. The molecule has 7 nitrogen and oxygen atoms in total. The second-order valence-electron chi connectivity index (χ2n) is 5.40. The molecule has 0 aliphatic heterocycles. The summed E-state index contributed by atoms with van der Waals surface area (Å²) in [4.78, 5) is 0.406. The number of aromatic nitrogens is 3. The molecule has 0 aliphatic carbocycles. The highest BCUT2D eigenvalue weighted by molar-refractivity contribution is 7.99. The van der Waals surface area contributed by atoms with Crippen LogP contribution in [0.2, 0.25) is 5.02 Å². The predicted molar refractivity (Wildman–Crippen MR) is 100 cm³/mol. The van der Waals surface area contributed by atoms with Crippen LogP contribution >= 0.6 is 23.4 Å². The highest BCUT2D eigenvalue weighted by Gasteiger charge is 2.19. The van der Waals surface area contributed by atoms with Gasteiger partial charge >= 0.3 is 6.61 Å². The fourth-order valence-corrected chi connectivity index (χ4v) is 4.46. The van der Waals surface area contributed by atoms with Gasteiger partial charge in [0.05, 0.1) is 15.6 Å². The minimum absolute atomic E-state index is 0.197. The van der Waals surface area contributed by atoms with E-state index in [2.05, 4.69) is 19.7 Å². The van der Waals surface area contributed by atoms with E-state index in [1.54, 1.807) is 35.9 Å². The van der Waals surface area contributed by atoms with E-state index in [0.29, 0.717) is 15.7 Å². The smallest absolute Gasteiger partial charge is 0.387 e. The number of para-hydroxylation sites is 1. The molecule has 0 bridgehead atoms. The summed E-state index contributed by atoms with van der Waals surface area (Å²) in [5.74, 6) is -0.311. The maximum absolute atomic E-state index is 12.7. The fourth-order valence-electron chi connectivity index (χ4n) is 2.15. The third kappa shape index (κ3) is 4.72. The number of ether oxygens (including phenoxy) is 1. The summed E-state index contributed by atoms with van der Waals surface area (Å²) in [6.45, 7) is -3.07. The average Bonchev–Trinajstić information content (AvgIpc) is 3.02. The van der Waals surface area contributed by atoms with Crippen LogP contribution in [-0.4, -0.2) is 29.8 Å². The van der Waals surface area contributed by atoms with Gasteiger partial charge in [-0.1, -0.05) is 23.7 Å². The van der Waals surface area contributed by atoms with Crippen molar-refractivity contribution in [1.29, 1.82) is 0 Å². The van der Waals surface area contributed by atoms with E-state index in [0.717, 1.165) is 18.2 Å². The van der Waals surface area contributed by atoms with Crippen molar-refractivity contribution in [2.45, 2.75) is 21.6 Å². The Morgan fingerprint density at radius 1 is 1.25 bits per heavy atom. The number of aryl methyl sites for hydroxylation is 1. The number of nitrogens with zero attached hydrogens (tertiary/aromatic N) is 3. The molecule has 28 heavy (non-hydrogen) atoms. The molecule has 3 rings (SSSR count). The molecule has 0 amide bonds.